The molecule has 0 saturated heterocycles. The molecule has 22 heavy (non-hydrogen) atoms. The topological polar surface area (TPSA) is 31.2 Å². The maximum Gasteiger partial charge on any atom is 0.162 e. The molecule has 0 aliphatic carbocycles. The summed E-state index contributed by atoms with van der Waals surface area (Å²) < 4.78 is 8.27. The van der Waals surface area contributed by atoms with E-state index in [1.165, 1.54) is 0 Å². The van der Waals surface area contributed by atoms with Crippen molar-refractivity contribution in [3.05, 3.63) is 52.5 Å². The number of methoxy groups -OCH3 is 1. The van der Waals surface area contributed by atoms with Crippen LogP contribution >= 0.6 is 15.9 Å². The smallest absolute Gasteiger partial charge is 0.162 e. The van der Waals surface area contributed by atoms with E-state index in [1.807, 2.05) is 49.5 Å². The number of hydrogen-bond donors (Lipinski definition) is 0. The zero-order chi connectivity index (χ0) is 15.9. The van der Waals surface area contributed by atoms with Crippen LogP contribution in [0.4, 0.5) is 0 Å². The van der Waals surface area contributed by atoms with Gasteiger partial charge in [0.05, 0.1) is 28.4 Å². The SMILES string of the molecule is COc1cc2c(cc1Br)c(C(C)=O)c(-c1ccccc1)n2C. The fourth-order valence-corrected chi connectivity index (χ4v) is 3.39. The van der Waals surface area contributed by atoms with Gasteiger partial charge in [-0.3, -0.25) is 4.79 Å². The predicted molar refractivity (Wildman–Crippen MR) is 92.6 cm³/mol. The number of benzene rings is 2. The van der Waals surface area contributed by atoms with Crippen molar-refractivity contribution in [3.63, 3.8) is 0 Å². The highest BCUT2D eigenvalue weighted by Gasteiger charge is 2.21. The molecule has 1 heterocycles. The van der Waals surface area contributed by atoms with Crippen LogP contribution in [-0.2, 0) is 7.05 Å². The number of fused-ring (bicyclic) bond motifs is 1. The highest BCUT2D eigenvalue weighted by Crippen LogP contribution is 2.38. The molecule has 0 spiro atoms. The van der Waals surface area contributed by atoms with Crippen LogP contribution in [0.3, 0.4) is 0 Å². The second kappa shape index (κ2) is 5.61. The summed E-state index contributed by atoms with van der Waals surface area (Å²) in [6, 6.07) is 13.9. The first-order chi connectivity index (χ1) is 10.5. The van der Waals surface area contributed by atoms with Crippen molar-refractivity contribution in [1.29, 1.82) is 0 Å². The number of carbonyl (C=O) groups is 1. The number of halogens is 1. The Morgan fingerprint density at radius 2 is 1.86 bits per heavy atom. The largest absolute Gasteiger partial charge is 0.495 e. The van der Waals surface area contributed by atoms with E-state index in [2.05, 4.69) is 20.5 Å². The molecule has 0 saturated carbocycles. The maximum atomic E-state index is 12.3. The van der Waals surface area contributed by atoms with Crippen LogP contribution in [-0.4, -0.2) is 17.5 Å². The van der Waals surface area contributed by atoms with Crippen LogP contribution in [0.5, 0.6) is 5.75 Å². The molecule has 0 fully saturated rings. The minimum Gasteiger partial charge on any atom is -0.495 e. The van der Waals surface area contributed by atoms with Gasteiger partial charge in [0.1, 0.15) is 5.75 Å². The summed E-state index contributed by atoms with van der Waals surface area (Å²) in [5.74, 6) is 0.810. The van der Waals surface area contributed by atoms with Crippen LogP contribution in [0, 0.1) is 0 Å². The van der Waals surface area contributed by atoms with Crippen LogP contribution in [0.25, 0.3) is 22.2 Å². The number of aromatic nitrogens is 1. The van der Waals surface area contributed by atoms with E-state index in [9.17, 15) is 4.79 Å². The van der Waals surface area contributed by atoms with Crippen LogP contribution in [0.1, 0.15) is 17.3 Å². The number of Topliss-reactive ketones (excluding diaryl/α,β-unsaturated/α-hetero) is 1. The Morgan fingerprint density at radius 3 is 2.45 bits per heavy atom. The molecule has 3 nitrogen and oxygen atoms in total. The summed E-state index contributed by atoms with van der Waals surface area (Å²) in [4.78, 5) is 12.3. The molecule has 0 radical (unpaired) electrons. The lowest BCUT2D eigenvalue weighted by Gasteiger charge is -2.07. The van der Waals surface area contributed by atoms with Crippen molar-refractivity contribution in [3.8, 4) is 17.0 Å². The van der Waals surface area contributed by atoms with Gasteiger partial charge in [-0.05, 0) is 34.5 Å². The third-order valence-electron chi connectivity index (χ3n) is 3.87. The molecule has 4 heteroatoms. The lowest BCUT2D eigenvalue weighted by atomic mass is 10.0. The average Bonchev–Trinajstić information content (AvgIpc) is 2.79. The molecule has 3 rings (SSSR count). The van der Waals surface area contributed by atoms with Crippen molar-refractivity contribution >= 4 is 32.6 Å². The first-order valence-corrected chi connectivity index (χ1v) is 7.76. The molecule has 0 aliphatic rings. The Balaban J connectivity index is 2.44. The first kappa shape index (κ1) is 14.9. The van der Waals surface area contributed by atoms with E-state index in [0.717, 1.165) is 37.9 Å². The highest BCUT2D eigenvalue weighted by atomic mass is 79.9. The highest BCUT2D eigenvalue weighted by molar-refractivity contribution is 9.10. The number of rotatable bonds is 3. The van der Waals surface area contributed by atoms with Crippen molar-refractivity contribution in [2.45, 2.75) is 6.92 Å². The monoisotopic (exact) mass is 357 g/mol. The Bertz CT molecular complexity index is 866. The minimum absolute atomic E-state index is 0.0570. The molecule has 0 amide bonds. The Morgan fingerprint density at radius 1 is 1.18 bits per heavy atom. The van der Waals surface area contributed by atoms with Crippen LogP contribution in [0.15, 0.2) is 46.9 Å². The molecule has 112 valence electrons. The summed E-state index contributed by atoms with van der Waals surface area (Å²) in [7, 11) is 3.61. The molecule has 2 aromatic carbocycles. The molecule has 0 atom stereocenters. The minimum atomic E-state index is 0.0570. The van der Waals surface area contributed by atoms with Gasteiger partial charge in [0.15, 0.2) is 5.78 Å². The third kappa shape index (κ3) is 2.24. The number of ether oxygens (including phenoxy) is 1. The van der Waals surface area contributed by atoms with E-state index in [1.54, 1.807) is 14.0 Å². The molecule has 0 aliphatic heterocycles. The third-order valence-corrected chi connectivity index (χ3v) is 4.49. The zero-order valence-corrected chi connectivity index (χ0v) is 14.3. The molecule has 0 N–H and O–H groups in total. The molecule has 0 unspecified atom stereocenters. The van der Waals surface area contributed by atoms with Crippen molar-refractivity contribution in [1.82, 2.24) is 4.57 Å². The van der Waals surface area contributed by atoms with Crippen molar-refractivity contribution < 1.29 is 9.53 Å². The van der Waals surface area contributed by atoms with E-state index in [-0.39, 0.29) is 5.78 Å². The van der Waals surface area contributed by atoms with Gasteiger partial charge in [-0.1, -0.05) is 30.3 Å². The number of ketones is 1. The summed E-state index contributed by atoms with van der Waals surface area (Å²) in [6.07, 6.45) is 0. The maximum absolute atomic E-state index is 12.3. The van der Waals surface area contributed by atoms with E-state index in [4.69, 9.17) is 4.74 Å². The number of aryl methyl sites for hydroxylation is 1. The molecule has 1 aromatic heterocycles. The predicted octanol–water partition coefficient (Wildman–Crippen LogP) is 4.82. The van der Waals surface area contributed by atoms with Gasteiger partial charge in [-0.15, -0.1) is 0 Å². The van der Waals surface area contributed by atoms with Gasteiger partial charge in [-0.2, -0.15) is 0 Å². The lowest BCUT2D eigenvalue weighted by molar-refractivity contribution is 0.101. The molecular weight excluding hydrogens is 342 g/mol. The second-order valence-corrected chi connectivity index (χ2v) is 6.06. The zero-order valence-electron chi connectivity index (χ0n) is 12.7. The van der Waals surface area contributed by atoms with E-state index < -0.39 is 0 Å². The molecule has 3 aromatic rings. The number of carbonyl (C=O) groups excluding carboxylic acids is 1. The Kier molecular flexibility index (Phi) is 3.79. The number of nitrogens with zero attached hydrogens (tertiary/aromatic N) is 1. The second-order valence-electron chi connectivity index (χ2n) is 5.21. The average molecular weight is 358 g/mol. The van der Waals surface area contributed by atoms with Gasteiger partial charge in [0.25, 0.3) is 0 Å². The first-order valence-electron chi connectivity index (χ1n) is 6.97. The van der Waals surface area contributed by atoms with Gasteiger partial charge < -0.3 is 9.30 Å². The summed E-state index contributed by atoms with van der Waals surface area (Å²) in [5, 5.41) is 0.932. The van der Waals surface area contributed by atoms with Crippen LogP contribution < -0.4 is 4.74 Å². The summed E-state index contributed by atoms with van der Waals surface area (Å²) in [6.45, 7) is 1.61. The fraction of sp³-hybridized carbons (Fsp3) is 0.167. The Labute approximate surface area is 137 Å². The van der Waals surface area contributed by atoms with Gasteiger partial charge in [0.2, 0.25) is 0 Å². The van der Waals surface area contributed by atoms with E-state index >= 15 is 0 Å². The fourth-order valence-electron chi connectivity index (χ4n) is 2.88. The quantitative estimate of drug-likeness (QED) is 0.629. The molecule has 0 bridgehead atoms. The van der Waals surface area contributed by atoms with E-state index in [0.29, 0.717) is 0 Å². The molecular formula is C18H16BrNO2. The van der Waals surface area contributed by atoms with Gasteiger partial charge in [-0.25, -0.2) is 0 Å². The van der Waals surface area contributed by atoms with Crippen LogP contribution in [0.2, 0.25) is 0 Å². The summed E-state index contributed by atoms with van der Waals surface area (Å²) >= 11 is 3.51. The number of hydrogen-bond acceptors (Lipinski definition) is 2. The van der Waals surface area contributed by atoms with Gasteiger partial charge in [0, 0.05) is 18.5 Å². The normalized spacial score (nSPS) is 10.9. The lowest BCUT2D eigenvalue weighted by Crippen LogP contribution is -1.97. The van der Waals surface area contributed by atoms with Crippen molar-refractivity contribution in [2.75, 3.05) is 7.11 Å². The van der Waals surface area contributed by atoms with Gasteiger partial charge >= 0.3 is 0 Å². The Hall–Kier alpha value is -2.07. The standard InChI is InChI=1S/C18H16BrNO2/c1-11(21)17-13-9-14(19)16(22-3)10-15(13)20(2)18(17)12-7-5-4-6-8-12/h4-10H,1-3H3. The van der Waals surface area contributed by atoms with Crippen molar-refractivity contribution in [2.24, 2.45) is 7.05 Å². The summed E-state index contributed by atoms with van der Waals surface area (Å²) in [5.41, 5.74) is 3.68.